The van der Waals surface area contributed by atoms with Crippen LogP contribution in [0, 0.1) is 5.92 Å². The van der Waals surface area contributed by atoms with Crippen molar-refractivity contribution in [2.75, 3.05) is 13.3 Å². The third kappa shape index (κ3) is 3.97. The minimum absolute atomic E-state index is 0.322. The lowest BCUT2D eigenvalue weighted by atomic mass is 10.1. The van der Waals surface area contributed by atoms with Gasteiger partial charge in [0, 0.05) is 17.6 Å². The maximum atomic E-state index is 12.3. The summed E-state index contributed by atoms with van der Waals surface area (Å²) in [5.74, 6) is -0.581. The quantitative estimate of drug-likeness (QED) is 0.499. The first-order valence-corrected chi connectivity index (χ1v) is 9.66. The molecule has 0 bridgehead atoms. The van der Waals surface area contributed by atoms with Crippen LogP contribution in [-0.2, 0) is 20.8 Å². The van der Waals surface area contributed by atoms with E-state index in [-0.39, 0.29) is 0 Å². The number of nitrogens with zero attached hydrogens (tertiary/aromatic N) is 3. The Morgan fingerprint density at radius 1 is 1.39 bits per heavy atom. The fraction of sp³-hybridized carbons (Fsp3) is 0.412. The molecule has 0 amide bonds. The average molecular weight is 434 g/mol. The molecular formula is C17H15ClF3N3O3S. The van der Waals surface area contributed by atoms with E-state index in [4.69, 9.17) is 16.3 Å². The second-order valence-corrected chi connectivity index (χ2v) is 8.13. The number of alkyl halides is 3. The van der Waals surface area contributed by atoms with Crippen LogP contribution in [0.3, 0.4) is 0 Å². The maximum absolute atomic E-state index is 12.3. The lowest BCUT2D eigenvalue weighted by Crippen LogP contribution is -2.30. The first kappa shape index (κ1) is 19.1. The molecule has 28 heavy (non-hydrogen) atoms. The Morgan fingerprint density at radius 3 is 2.82 bits per heavy atom. The smallest absolute Gasteiger partial charge is 0.440 e. The molecule has 0 saturated heterocycles. The standard InChI is InChI=1S/C17H15ClF3N3O3S/c18-16-22-6-11(28-16)7-23-8-13(26-9-27-15(25)17(19,20)21)24-5-1-2-12(14(23)24)10-3-4-10/h1-2,6,8,10H,3-5,7,9H2. The van der Waals surface area contributed by atoms with Gasteiger partial charge < -0.3 is 14.4 Å². The van der Waals surface area contributed by atoms with E-state index >= 15 is 0 Å². The Hall–Kier alpha value is -2.20. The number of halogens is 4. The van der Waals surface area contributed by atoms with Gasteiger partial charge in [0.25, 0.3) is 0 Å². The highest BCUT2D eigenvalue weighted by molar-refractivity contribution is 7.15. The fourth-order valence-electron chi connectivity index (χ4n) is 3.08. The van der Waals surface area contributed by atoms with E-state index < -0.39 is 18.9 Å². The van der Waals surface area contributed by atoms with Gasteiger partial charge in [-0.25, -0.2) is 9.78 Å². The summed E-state index contributed by atoms with van der Waals surface area (Å²) in [6, 6.07) is 0. The summed E-state index contributed by atoms with van der Waals surface area (Å²) in [5.41, 5.74) is 1.16. The number of rotatable bonds is 6. The number of aromatic nitrogens is 1. The number of carbonyl (C=O) groups excluding carboxylic acids is 1. The van der Waals surface area contributed by atoms with E-state index in [1.54, 1.807) is 12.4 Å². The summed E-state index contributed by atoms with van der Waals surface area (Å²) in [4.78, 5) is 19.7. The van der Waals surface area contributed by atoms with E-state index in [1.807, 2.05) is 15.9 Å². The molecule has 0 unspecified atom stereocenters. The SMILES string of the molecule is O=C(OCOC1=CN(Cc2cnc(Cl)s2)C2=C(C3CC3)C=CCN12)C(F)(F)F. The molecule has 1 fully saturated rings. The highest BCUT2D eigenvalue weighted by Crippen LogP contribution is 2.44. The molecule has 0 aromatic carbocycles. The fourth-order valence-corrected chi connectivity index (χ4v) is 4.06. The zero-order valence-electron chi connectivity index (χ0n) is 14.4. The van der Waals surface area contributed by atoms with Crippen LogP contribution in [0.5, 0.6) is 0 Å². The van der Waals surface area contributed by atoms with Crippen LogP contribution in [-0.4, -0.2) is 40.3 Å². The summed E-state index contributed by atoms with van der Waals surface area (Å²) in [7, 11) is 0. The lowest BCUT2D eigenvalue weighted by molar-refractivity contribution is -0.208. The first-order valence-electron chi connectivity index (χ1n) is 8.46. The Balaban J connectivity index is 1.52. The number of allylic oxidation sites excluding steroid dienone is 2. The van der Waals surface area contributed by atoms with Crippen molar-refractivity contribution in [1.82, 2.24) is 14.8 Å². The molecule has 1 aromatic rings. The van der Waals surface area contributed by atoms with E-state index in [1.165, 1.54) is 11.3 Å². The van der Waals surface area contributed by atoms with Crippen LogP contribution in [0.25, 0.3) is 0 Å². The Morgan fingerprint density at radius 2 is 2.18 bits per heavy atom. The van der Waals surface area contributed by atoms with Crippen LogP contribution in [0.15, 0.2) is 41.8 Å². The van der Waals surface area contributed by atoms with Crippen LogP contribution >= 0.6 is 22.9 Å². The van der Waals surface area contributed by atoms with Crippen LogP contribution in [0.2, 0.25) is 4.47 Å². The Labute approximate surface area is 167 Å². The number of thiazole rings is 1. The van der Waals surface area contributed by atoms with Gasteiger partial charge in [0.1, 0.15) is 5.82 Å². The highest BCUT2D eigenvalue weighted by Gasteiger charge is 2.41. The number of hydrogen-bond donors (Lipinski definition) is 0. The van der Waals surface area contributed by atoms with Gasteiger partial charge in [-0.2, -0.15) is 13.2 Å². The summed E-state index contributed by atoms with van der Waals surface area (Å²) in [6.45, 7) is 0.177. The summed E-state index contributed by atoms with van der Waals surface area (Å²) in [6.07, 6.45) is 4.57. The molecule has 1 aromatic heterocycles. The number of hydrogen-bond acceptors (Lipinski definition) is 7. The van der Waals surface area contributed by atoms with Gasteiger partial charge in [0.15, 0.2) is 4.47 Å². The number of ether oxygens (including phenoxy) is 2. The third-order valence-electron chi connectivity index (χ3n) is 4.40. The highest BCUT2D eigenvalue weighted by atomic mass is 35.5. The summed E-state index contributed by atoms with van der Waals surface area (Å²) in [5, 5.41) is 0. The van der Waals surface area contributed by atoms with Crippen LogP contribution in [0.4, 0.5) is 13.2 Å². The second-order valence-electron chi connectivity index (χ2n) is 6.43. The Kier molecular flexibility index (Phi) is 5.00. The van der Waals surface area contributed by atoms with Gasteiger partial charge in [-0.1, -0.05) is 23.8 Å². The molecule has 6 nitrogen and oxygen atoms in total. The molecule has 0 radical (unpaired) electrons. The zero-order chi connectivity index (χ0) is 19.9. The average Bonchev–Trinajstić information content (AvgIpc) is 3.32. The number of fused-ring (bicyclic) bond motifs is 1. The Bertz CT molecular complexity index is 876. The van der Waals surface area contributed by atoms with E-state index in [9.17, 15) is 18.0 Å². The normalized spacial score (nSPS) is 19.1. The molecule has 2 aliphatic heterocycles. The monoisotopic (exact) mass is 433 g/mol. The van der Waals surface area contributed by atoms with Gasteiger partial charge in [-0.05, 0) is 24.3 Å². The zero-order valence-corrected chi connectivity index (χ0v) is 16.0. The molecule has 0 spiro atoms. The first-order chi connectivity index (χ1) is 13.3. The second kappa shape index (κ2) is 7.32. The van der Waals surface area contributed by atoms with Gasteiger partial charge >= 0.3 is 12.1 Å². The molecule has 1 saturated carbocycles. The topological polar surface area (TPSA) is 54.9 Å². The third-order valence-corrected chi connectivity index (χ3v) is 5.50. The minimum atomic E-state index is -5.05. The van der Waals surface area contributed by atoms with Gasteiger partial charge in [0.05, 0.1) is 12.7 Å². The number of esters is 1. The van der Waals surface area contributed by atoms with E-state index in [0.717, 1.165) is 29.1 Å². The van der Waals surface area contributed by atoms with Crippen molar-refractivity contribution in [3.05, 3.63) is 51.2 Å². The number of carbonyl (C=O) groups is 1. The summed E-state index contributed by atoms with van der Waals surface area (Å²) >= 11 is 7.26. The molecule has 0 N–H and O–H groups in total. The molecule has 11 heteroatoms. The minimum Gasteiger partial charge on any atom is -0.440 e. The van der Waals surface area contributed by atoms with Gasteiger partial charge in [-0.15, -0.1) is 11.3 Å². The molecule has 3 aliphatic rings. The molecule has 150 valence electrons. The predicted octanol–water partition coefficient (Wildman–Crippen LogP) is 3.98. The molecule has 3 heterocycles. The molecule has 1 aliphatic carbocycles. The van der Waals surface area contributed by atoms with E-state index in [2.05, 4.69) is 15.8 Å². The van der Waals surface area contributed by atoms with Crippen molar-refractivity contribution in [2.24, 2.45) is 5.92 Å². The van der Waals surface area contributed by atoms with Crippen molar-refractivity contribution >= 4 is 28.9 Å². The molecule has 4 rings (SSSR count). The van der Waals surface area contributed by atoms with Gasteiger partial charge in [-0.3, -0.25) is 4.90 Å². The van der Waals surface area contributed by atoms with Crippen molar-refractivity contribution in [2.45, 2.75) is 25.6 Å². The lowest BCUT2D eigenvalue weighted by Gasteiger charge is -2.30. The van der Waals surface area contributed by atoms with E-state index in [0.29, 0.717) is 29.4 Å². The van der Waals surface area contributed by atoms with Crippen molar-refractivity contribution in [3.63, 3.8) is 0 Å². The van der Waals surface area contributed by atoms with Crippen molar-refractivity contribution < 1.29 is 27.4 Å². The molecular weight excluding hydrogens is 419 g/mol. The van der Waals surface area contributed by atoms with Gasteiger partial charge in [0.2, 0.25) is 12.7 Å². The molecule has 0 atom stereocenters. The van der Waals surface area contributed by atoms with Crippen LogP contribution in [0.1, 0.15) is 17.7 Å². The summed E-state index contributed by atoms with van der Waals surface area (Å²) < 4.78 is 46.8. The largest absolute Gasteiger partial charge is 0.491 e. The van der Waals surface area contributed by atoms with Crippen LogP contribution < -0.4 is 0 Å². The predicted molar refractivity (Wildman–Crippen MR) is 94.4 cm³/mol. The van der Waals surface area contributed by atoms with Crippen molar-refractivity contribution in [3.8, 4) is 0 Å². The maximum Gasteiger partial charge on any atom is 0.491 e. The van der Waals surface area contributed by atoms with Crippen molar-refractivity contribution in [1.29, 1.82) is 0 Å².